The molecule has 146 valence electrons. The van der Waals surface area contributed by atoms with E-state index in [0.717, 1.165) is 41.6 Å². The molecule has 7 heteroatoms. The first kappa shape index (κ1) is 18.4. The van der Waals surface area contributed by atoms with Crippen LogP contribution in [0.5, 0.6) is 0 Å². The Bertz CT molecular complexity index is 924. The molecule has 2 aromatic heterocycles. The Morgan fingerprint density at radius 1 is 1.21 bits per heavy atom. The number of aromatic nitrogens is 5. The number of rotatable bonds is 8. The van der Waals surface area contributed by atoms with Crippen LogP contribution >= 0.6 is 0 Å². The van der Waals surface area contributed by atoms with Crippen molar-refractivity contribution in [2.45, 2.75) is 58.2 Å². The molecule has 28 heavy (non-hydrogen) atoms. The Balaban J connectivity index is 1.40. The monoisotopic (exact) mass is 378 g/mol. The molecular weight excluding hydrogens is 352 g/mol. The van der Waals surface area contributed by atoms with Gasteiger partial charge >= 0.3 is 0 Å². The van der Waals surface area contributed by atoms with Crippen LogP contribution in [-0.4, -0.2) is 30.5 Å². The number of nitrogens with zero attached hydrogens (tertiary/aromatic N) is 5. The number of carbonyl (C=O) groups excluding carboxylic acids is 1. The van der Waals surface area contributed by atoms with E-state index in [1.807, 2.05) is 16.8 Å². The van der Waals surface area contributed by atoms with Gasteiger partial charge in [-0.3, -0.25) is 9.48 Å². The highest BCUT2D eigenvalue weighted by Gasteiger charge is 2.33. The van der Waals surface area contributed by atoms with E-state index in [4.69, 9.17) is 0 Å². The smallest absolute Gasteiger partial charge is 0.255 e. The van der Waals surface area contributed by atoms with Gasteiger partial charge in [-0.25, -0.2) is 9.67 Å². The molecule has 0 unspecified atom stereocenters. The number of hydrogen-bond donors (Lipinski definition) is 1. The van der Waals surface area contributed by atoms with Crippen molar-refractivity contribution in [3.63, 3.8) is 0 Å². The molecule has 1 N–H and O–H groups in total. The molecule has 0 bridgehead atoms. The van der Waals surface area contributed by atoms with E-state index in [0.29, 0.717) is 25.0 Å². The van der Waals surface area contributed by atoms with Gasteiger partial charge in [0.15, 0.2) is 0 Å². The molecular formula is C21H26N6O. The third-order valence-electron chi connectivity index (χ3n) is 5.34. The maximum Gasteiger partial charge on any atom is 0.255 e. The molecule has 2 heterocycles. The van der Waals surface area contributed by atoms with E-state index in [1.54, 1.807) is 17.2 Å². The molecule has 1 aliphatic carbocycles. The number of hydrogen-bond acceptors (Lipinski definition) is 4. The van der Waals surface area contributed by atoms with Gasteiger partial charge in [-0.15, -0.1) is 0 Å². The molecule has 1 aliphatic rings. The third kappa shape index (κ3) is 3.98. The fraction of sp³-hybridized carbons (Fsp3) is 0.429. The number of carbonyl (C=O) groups is 1. The minimum atomic E-state index is -0.0388. The number of amides is 1. The van der Waals surface area contributed by atoms with Gasteiger partial charge in [-0.05, 0) is 37.3 Å². The highest BCUT2D eigenvalue weighted by molar-refractivity contribution is 5.95. The summed E-state index contributed by atoms with van der Waals surface area (Å²) in [6.45, 7) is 5.49. The summed E-state index contributed by atoms with van der Waals surface area (Å²) >= 11 is 0. The lowest BCUT2D eigenvalue weighted by atomic mass is 10.1. The van der Waals surface area contributed by atoms with Gasteiger partial charge < -0.3 is 5.32 Å². The Labute approximate surface area is 164 Å². The van der Waals surface area contributed by atoms with Gasteiger partial charge in [0.25, 0.3) is 5.91 Å². The number of nitrogens with one attached hydrogen (secondary N) is 1. The molecule has 4 rings (SSSR count). The lowest BCUT2D eigenvalue weighted by Crippen LogP contribution is -2.24. The van der Waals surface area contributed by atoms with E-state index < -0.39 is 0 Å². The molecule has 1 fully saturated rings. The third-order valence-corrected chi connectivity index (χ3v) is 5.34. The normalized spacial score (nSPS) is 14.8. The molecule has 0 aliphatic heterocycles. The SMILES string of the molecule is CC[C@@H](C)n1ncc(C(=O)NCc2ccc(Cn3cncn3)cc2)c1C1CC1. The van der Waals surface area contributed by atoms with Crippen LogP contribution in [0.2, 0.25) is 0 Å². The van der Waals surface area contributed by atoms with Crippen LogP contribution in [0, 0.1) is 0 Å². The average Bonchev–Trinajstić information content (AvgIpc) is 3.24. The average molecular weight is 378 g/mol. The number of benzene rings is 1. The minimum absolute atomic E-state index is 0.0388. The molecule has 1 atom stereocenters. The van der Waals surface area contributed by atoms with Crippen molar-refractivity contribution < 1.29 is 4.79 Å². The van der Waals surface area contributed by atoms with Crippen molar-refractivity contribution in [2.24, 2.45) is 0 Å². The molecule has 1 saturated carbocycles. The van der Waals surface area contributed by atoms with Crippen LogP contribution in [0.3, 0.4) is 0 Å². The molecule has 3 aromatic rings. The van der Waals surface area contributed by atoms with Crippen molar-refractivity contribution in [2.75, 3.05) is 0 Å². The fourth-order valence-corrected chi connectivity index (χ4v) is 3.38. The van der Waals surface area contributed by atoms with Crippen molar-refractivity contribution in [3.05, 3.63) is 65.5 Å². The molecule has 0 spiro atoms. The largest absolute Gasteiger partial charge is 0.348 e. The second-order valence-corrected chi connectivity index (χ2v) is 7.51. The second kappa shape index (κ2) is 7.96. The van der Waals surface area contributed by atoms with Crippen LogP contribution in [0.25, 0.3) is 0 Å². The Morgan fingerprint density at radius 2 is 1.96 bits per heavy atom. The van der Waals surface area contributed by atoms with Gasteiger partial charge in [0.05, 0.1) is 24.0 Å². The first-order chi connectivity index (χ1) is 13.7. The summed E-state index contributed by atoms with van der Waals surface area (Å²) in [6, 6.07) is 8.50. The van der Waals surface area contributed by atoms with Crippen LogP contribution < -0.4 is 5.32 Å². The maximum absolute atomic E-state index is 12.8. The summed E-state index contributed by atoms with van der Waals surface area (Å²) < 4.78 is 3.83. The van der Waals surface area contributed by atoms with E-state index in [-0.39, 0.29) is 5.91 Å². The van der Waals surface area contributed by atoms with Gasteiger partial charge in [0, 0.05) is 18.5 Å². The first-order valence-electron chi connectivity index (χ1n) is 9.91. The summed E-state index contributed by atoms with van der Waals surface area (Å²) in [5, 5.41) is 11.7. The zero-order chi connectivity index (χ0) is 19.5. The van der Waals surface area contributed by atoms with Crippen LogP contribution in [0.1, 0.15) is 72.2 Å². The summed E-state index contributed by atoms with van der Waals surface area (Å²) in [4.78, 5) is 16.7. The predicted molar refractivity (Wildman–Crippen MR) is 106 cm³/mol. The summed E-state index contributed by atoms with van der Waals surface area (Å²) in [5.41, 5.74) is 4.05. The molecule has 7 nitrogen and oxygen atoms in total. The Kier molecular flexibility index (Phi) is 5.23. The maximum atomic E-state index is 12.8. The molecule has 0 saturated heterocycles. The van der Waals surface area contributed by atoms with E-state index in [1.165, 1.54) is 6.33 Å². The van der Waals surface area contributed by atoms with Crippen LogP contribution in [0.15, 0.2) is 43.1 Å². The zero-order valence-electron chi connectivity index (χ0n) is 16.4. The van der Waals surface area contributed by atoms with Crippen molar-refractivity contribution in [3.8, 4) is 0 Å². The first-order valence-corrected chi connectivity index (χ1v) is 9.91. The van der Waals surface area contributed by atoms with Crippen molar-refractivity contribution in [1.82, 2.24) is 29.9 Å². The van der Waals surface area contributed by atoms with Gasteiger partial charge in [0.1, 0.15) is 12.7 Å². The zero-order valence-corrected chi connectivity index (χ0v) is 16.4. The lowest BCUT2D eigenvalue weighted by Gasteiger charge is -2.14. The molecule has 0 radical (unpaired) electrons. The van der Waals surface area contributed by atoms with E-state index in [2.05, 4.69) is 46.5 Å². The van der Waals surface area contributed by atoms with Crippen LogP contribution in [0.4, 0.5) is 0 Å². The minimum Gasteiger partial charge on any atom is -0.348 e. The summed E-state index contributed by atoms with van der Waals surface area (Å²) in [7, 11) is 0. The Hall–Kier alpha value is -2.96. The lowest BCUT2D eigenvalue weighted by molar-refractivity contribution is 0.0949. The predicted octanol–water partition coefficient (Wildman–Crippen LogP) is 3.30. The van der Waals surface area contributed by atoms with Crippen molar-refractivity contribution in [1.29, 1.82) is 0 Å². The highest BCUT2D eigenvalue weighted by Crippen LogP contribution is 2.42. The molecule has 1 amide bonds. The standard InChI is InChI=1S/C21H26N6O/c1-3-15(2)27-20(18-8-9-18)19(11-24-27)21(28)23-10-16-4-6-17(7-5-16)12-26-14-22-13-25-26/h4-7,11,13-15,18H,3,8-10,12H2,1-2H3,(H,23,28)/t15-/m1/s1. The molecule has 1 aromatic carbocycles. The second-order valence-electron chi connectivity index (χ2n) is 7.51. The van der Waals surface area contributed by atoms with Crippen molar-refractivity contribution >= 4 is 5.91 Å². The van der Waals surface area contributed by atoms with E-state index in [9.17, 15) is 4.79 Å². The van der Waals surface area contributed by atoms with Gasteiger partial charge in [0.2, 0.25) is 0 Å². The summed E-state index contributed by atoms with van der Waals surface area (Å²) in [6.07, 6.45) is 8.26. The highest BCUT2D eigenvalue weighted by atomic mass is 16.1. The van der Waals surface area contributed by atoms with Gasteiger partial charge in [-0.1, -0.05) is 31.2 Å². The van der Waals surface area contributed by atoms with Gasteiger partial charge in [-0.2, -0.15) is 10.2 Å². The van der Waals surface area contributed by atoms with Crippen LogP contribution in [-0.2, 0) is 13.1 Å². The quantitative estimate of drug-likeness (QED) is 0.652. The van der Waals surface area contributed by atoms with E-state index >= 15 is 0 Å². The Morgan fingerprint density at radius 3 is 2.61 bits per heavy atom. The summed E-state index contributed by atoms with van der Waals surface area (Å²) in [5.74, 6) is 0.441. The fourth-order valence-electron chi connectivity index (χ4n) is 3.38. The topological polar surface area (TPSA) is 77.6 Å².